The van der Waals surface area contributed by atoms with Crippen LogP contribution in [0.4, 0.5) is 0 Å². The first kappa shape index (κ1) is 14.9. The summed E-state index contributed by atoms with van der Waals surface area (Å²) in [7, 11) is 4.29. The third-order valence-corrected chi connectivity index (χ3v) is 2.74. The lowest BCUT2D eigenvalue weighted by Crippen LogP contribution is -2.71. The van der Waals surface area contributed by atoms with Gasteiger partial charge in [0.15, 0.2) is 0 Å². The number of likely N-dealkylation sites (tertiary alicyclic amines) is 1. The minimum absolute atomic E-state index is 0.0903. The van der Waals surface area contributed by atoms with Crippen molar-refractivity contribution in [2.24, 2.45) is 0 Å². The van der Waals surface area contributed by atoms with Gasteiger partial charge >= 0.3 is 0 Å². The van der Waals surface area contributed by atoms with E-state index >= 15 is 0 Å². The Hall–Kier alpha value is -0.120. The van der Waals surface area contributed by atoms with Crippen molar-refractivity contribution in [3.8, 4) is 0 Å². The number of likely N-dealkylation sites (N-methyl/N-ethyl adjacent to an activating group) is 2. The fraction of sp³-hybridized carbons (Fsp3) is 1.00. The van der Waals surface area contributed by atoms with Crippen LogP contribution in [0.25, 0.3) is 0 Å². The molecule has 15 heavy (non-hydrogen) atoms. The highest BCUT2D eigenvalue weighted by atomic mass is 16.5. The molecule has 3 heteroatoms. The Morgan fingerprint density at radius 3 is 1.93 bits per heavy atom. The SMILES string of the molecule is CC.CC.CN1CC2(C1)OCCCN2C. The highest BCUT2D eigenvalue weighted by Crippen LogP contribution is 2.29. The van der Waals surface area contributed by atoms with E-state index in [2.05, 4.69) is 23.9 Å². The van der Waals surface area contributed by atoms with E-state index in [1.807, 2.05) is 27.7 Å². The first-order chi connectivity index (χ1) is 7.23. The highest BCUT2D eigenvalue weighted by Gasteiger charge is 2.46. The molecule has 92 valence electrons. The van der Waals surface area contributed by atoms with Gasteiger partial charge in [-0.3, -0.25) is 9.80 Å². The second-order valence-corrected chi connectivity index (χ2v) is 3.74. The molecule has 0 unspecified atom stereocenters. The lowest BCUT2D eigenvalue weighted by molar-refractivity contribution is -0.240. The third-order valence-electron chi connectivity index (χ3n) is 2.74. The van der Waals surface area contributed by atoms with E-state index in [1.54, 1.807) is 0 Å². The number of hydrogen-bond donors (Lipinski definition) is 0. The normalized spacial score (nSPS) is 24.4. The maximum atomic E-state index is 5.77. The minimum Gasteiger partial charge on any atom is -0.358 e. The zero-order valence-electron chi connectivity index (χ0n) is 11.3. The lowest BCUT2D eigenvalue weighted by atomic mass is 10.0. The summed E-state index contributed by atoms with van der Waals surface area (Å²) >= 11 is 0. The summed E-state index contributed by atoms with van der Waals surface area (Å²) < 4.78 is 5.77. The maximum Gasteiger partial charge on any atom is 0.146 e. The van der Waals surface area contributed by atoms with Crippen LogP contribution >= 0.6 is 0 Å². The molecule has 0 amide bonds. The standard InChI is InChI=1S/C8H16N2O.2C2H6/c1-9-6-8(7-9)10(2)4-3-5-11-8;2*1-2/h3-7H2,1-2H3;2*1-2H3. The first-order valence-corrected chi connectivity index (χ1v) is 6.27. The van der Waals surface area contributed by atoms with E-state index in [1.165, 1.54) is 13.0 Å². The molecule has 0 aromatic heterocycles. The molecule has 2 aliphatic rings. The van der Waals surface area contributed by atoms with Crippen LogP contribution in [0.15, 0.2) is 0 Å². The smallest absolute Gasteiger partial charge is 0.146 e. The Balaban J connectivity index is 0.000000442. The third kappa shape index (κ3) is 3.44. The van der Waals surface area contributed by atoms with Crippen LogP contribution in [-0.2, 0) is 4.74 Å². The molecule has 2 fully saturated rings. The van der Waals surface area contributed by atoms with Crippen molar-refractivity contribution in [3.63, 3.8) is 0 Å². The van der Waals surface area contributed by atoms with Gasteiger partial charge in [-0.15, -0.1) is 0 Å². The molecular formula is C12H28N2O. The van der Waals surface area contributed by atoms with Crippen LogP contribution in [0.2, 0.25) is 0 Å². The van der Waals surface area contributed by atoms with E-state index in [9.17, 15) is 0 Å². The van der Waals surface area contributed by atoms with Gasteiger partial charge in [0.2, 0.25) is 0 Å². The van der Waals surface area contributed by atoms with Crippen molar-refractivity contribution in [3.05, 3.63) is 0 Å². The molecule has 0 N–H and O–H groups in total. The Morgan fingerprint density at radius 1 is 1.00 bits per heavy atom. The van der Waals surface area contributed by atoms with Gasteiger partial charge in [-0.2, -0.15) is 0 Å². The van der Waals surface area contributed by atoms with E-state index in [-0.39, 0.29) is 5.72 Å². The topological polar surface area (TPSA) is 15.7 Å². The van der Waals surface area contributed by atoms with E-state index in [4.69, 9.17) is 4.74 Å². The second kappa shape index (κ2) is 7.20. The predicted molar refractivity (Wildman–Crippen MR) is 66.1 cm³/mol. The largest absolute Gasteiger partial charge is 0.358 e. The van der Waals surface area contributed by atoms with Crippen LogP contribution in [0.3, 0.4) is 0 Å². The Labute approximate surface area is 95.4 Å². The van der Waals surface area contributed by atoms with Gasteiger partial charge in [0, 0.05) is 19.6 Å². The van der Waals surface area contributed by atoms with Gasteiger partial charge in [0.05, 0.1) is 6.61 Å². The molecule has 2 heterocycles. The summed E-state index contributed by atoms with van der Waals surface area (Å²) in [6, 6.07) is 0. The van der Waals surface area contributed by atoms with Crippen LogP contribution < -0.4 is 0 Å². The van der Waals surface area contributed by atoms with Crippen molar-refractivity contribution in [1.29, 1.82) is 0 Å². The fourth-order valence-electron chi connectivity index (χ4n) is 2.01. The summed E-state index contributed by atoms with van der Waals surface area (Å²) in [5.74, 6) is 0. The first-order valence-electron chi connectivity index (χ1n) is 6.27. The molecule has 1 spiro atoms. The summed E-state index contributed by atoms with van der Waals surface area (Å²) in [5.41, 5.74) is 0.0903. The molecule has 0 aromatic carbocycles. The molecule has 2 aliphatic heterocycles. The van der Waals surface area contributed by atoms with Crippen molar-refractivity contribution < 1.29 is 4.74 Å². The van der Waals surface area contributed by atoms with Crippen molar-refractivity contribution in [2.75, 3.05) is 40.3 Å². The number of nitrogens with zero attached hydrogens (tertiary/aromatic N) is 2. The summed E-state index contributed by atoms with van der Waals surface area (Å²) in [6.45, 7) is 12.3. The average Bonchev–Trinajstić information content (AvgIpc) is 2.26. The quantitative estimate of drug-likeness (QED) is 0.616. The molecule has 0 saturated carbocycles. The molecule has 3 nitrogen and oxygen atoms in total. The summed E-state index contributed by atoms with van der Waals surface area (Å²) in [4.78, 5) is 4.64. The molecule has 0 radical (unpaired) electrons. The van der Waals surface area contributed by atoms with Crippen molar-refractivity contribution >= 4 is 0 Å². The van der Waals surface area contributed by atoms with Gasteiger partial charge < -0.3 is 4.74 Å². The zero-order valence-corrected chi connectivity index (χ0v) is 11.3. The number of hydrogen-bond acceptors (Lipinski definition) is 3. The van der Waals surface area contributed by atoms with Crippen molar-refractivity contribution in [1.82, 2.24) is 9.80 Å². The van der Waals surface area contributed by atoms with E-state index in [0.717, 1.165) is 19.7 Å². The minimum atomic E-state index is 0.0903. The Bertz CT molecular complexity index is 150. The van der Waals surface area contributed by atoms with Gasteiger partial charge in [-0.05, 0) is 20.5 Å². The summed E-state index contributed by atoms with van der Waals surface area (Å²) in [6.07, 6.45) is 1.18. The second-order valence-electron chi connectivity index (χ2n) is 3.74. The van der Waals surface area contributed by atoms with Crippen LogP contribution in [-0.4, -0.2) is 55.9 Å². The molecule has 2 rings (SSSR count). The van der Waals surface area contributed by atoms with Gasteiger partial charge in [0.25, 0.3) is 0 Å². The fourth-order valence-corrected chi connectivity index (χ4v) is 2.01. The van der Waals surface area contributed by atoms with Crippen LogP contribution in [0.1, 0.15) is 34.1 Å². The monoisotopic (exact) mass is 216 g/mol. The molecule has 0 atom stereocenters. The summed E-state index contributed by atoms with van der Waals surface area (Å²) in [5, 5.41) is 0. The predicted octanol–water partition coefficient (Wildman–Crippen LogP) is 2.03. The van der Waals surface area contributed by atoms with Gasteiger partial charge in [0.1, 0.15) is 5.72 Å². The molecule has 0 bridgehead atoms. The van der Waals surface area contributed by atoms with Crippen LogP contribution in [0.5, 0.6) is 0 Å². The van der Waals surface area contributed by atoms with Gasteiger partial charge in [-0.1, -0.05) is 27.7 Å². The number of rotatable bonds is 0. The molecule has 0 aromatic rings. The van der Waals surface area contributed by atoms with E-state index in [0.29, 0.717) is 0 Å². The maximum absolute atomic E-state index is 5.77. The Morgan fingerprint density at radius 2 is 1.53 bits per heavy atom. The molecular weight excluding hydrogens is 188 g/mol. The average molecular weight is 216 g/mol. The van der Waals surface area contributed by atoms with E-state index < -0.39 is 0 Å². The Kier molecular flexibility index (Phi) is 7.14. The lowest BCUT2D eigenvalue weighted by Gasteiger charge is -2.55. The molecule has 0 aliphatic carbocycles. The van der Waals surface area contributed by atoms with Gasteiger partial charge in [-0.25, -0.2) is 0 Å². The number of ether oxygens (including phenoxy) is 1. The van der Waals surface area contributed by atoms with Crippen molar-refractivity contribution in [2.45, 2.75) is 39.8 Å². The zero-order chi connectivity index (χ0) is 11.9. The van der Waals surface area contributed by atoms with Crippen LogP contribution in [0, 0.1) is 0 Å². The highest BCUT2D eigenvalue weighted by molar-refractivity contribution is 4.95. The molecule has 2 saturated heterocycles.